The fourth-order valence-corrected chi connectivity index (χ4v) is 2.19. The molecule has 1 atom stereocenters. The van der Waals surface area contributed by atoms with Gasteiger partial charge in [-0.25, -0.2) is 9.97 Å². The van der Waals surface area contributed by atoms with Crippen LogP contribution < -0.4 is 15.4 Å². The summed E-state index contributed by atoms with van der Waals surface area (Å²) in [6.07, 6.45) is 5.24. The van der Waals surface area contributed by atoms with E-state index in [2.05, 4.69) is 20.6 Å². The van der Waals surface area contributed by atoms with Crippen molar-refractivity contribution in [3.63, 3.8) is 0 Å². The first-order valence-electron chi connectivity index (χ1n) is 6.14. The van der Waals surface area contributed by atoms with Crippen molar-refractivity contribution in [3.8, 4) is 5.88 Å². The van der Waals surface area contributed by atoms with Gasteiger partial charge >= 0.3 is 0 Å². The van der Waals surface area contributed by atoms with Crippen LogP contribution in [0, 0.1) is 6.92 Å². The zero-order valence-corrected chi connectivity index (χ0v) is 10.5. The van der Waals surface area contributed by atoms with E-state index in [1.165, 1.54) is 19.2 Å². The second-order valence-electron chi connectivity index (χ2n) is 4.37. The van der Waals surface area contributed by atoms with Crippen molar-refractivity contribution in [2.45, 2.75) is 32.2 Å². The molecule has 1 saturated heterocycles. The van der Waals surface area contributed by atoms with Gasteiger partial charge in [-0.3, -0.25) is 0 Å². The van der Waals surface area contributed by atoms with Gasteiger partial charge in [-0.2, -0.15) is 0 Å². The van der Waals surface area contributed by atoms with Crippen molar-refractivity contribution >= 4 is 5.82 Å². The first-order chi connectivity index (χ1) is 8.31. The van der Waals surface area contributed by atoms with Crippen LogP contribution >= 0.6 is 0 Å². The average molecular weight is 236 g/mol. The number of rotatable bonds is 5. The molecule has 0 aliphatic carbocycles. The molecule has 5 nitrogen and oxygen atoms in total. The topological polar surface area (TPSA) is 59.1 Å². The highest BCUT2D eigenvalue weighted by atomic mass is 16.5. The van der Waals surface area contributed by atoms with Crippen molar-refractivity contribution in [1.82, 2.24) is 15.3 Å². The third-order valence-corrected chi connectivity index (χ3v) is 3.18. The molecule has 1 aliphatic rings. The molecule has 2 rings (SSSR count). The SMILES string of the molecule is COc1ncnc(NCC[C@@H]2CCCN2)c1C. The first kappa shape index (κ1) is 12.1. The van der Waals surface area contributed by atoms with E-state index < -0.39 is 0 Å². The molecular formula is C12H20N4O. The van der Waals surface area contributed by atoms with Gasteiger partial charge in [0.05, 0.1) is 12.7 Å². The summed E-state index contributed by atoms with van der Waals surface area (Å²) >= 11 is 0. The fourth-order valence-electron chi connectivity index (χ4n) is 2.19. The zero-order chi connectivity index (χ0) is 12.1. The molecule has 2 N–H and O–H groups in total. The lowest BCUT2D eigenvalue weighted by molar-refractivity contribution is 0.393. The number of ether oxygens (including phenoxy) is 1. The number of aromatic nitrogens is 2. The molecule has 0 radical (unpaired) electrons. The summed E-state index contributed by atoms with van der Waals surface area (Å²) < 4.78 is 5.16. The van der Waals surface area contributed by atoms with E-state index >= 15 is 0 Å². The molecule has 0 spiro atoms. The monoisotopic (exact) mass is 236 g/mol. The zero-order valence-electron chi connectivity index (χ0n) is 10.5. The Bertz CT molecular complexity index is 364. The summed E-state index contributed by atoms with van der Waals surface area (Å²) in [6.45, 7) is 4.05. The van der Waals surface area contributed by atoms with Crippen LogP contribution in [0.3, 0.4) is 0 Å². The molecule has 0 saturated carbocycles. The first-order valence-corrected chi connectivity index (χ1v) is 6.14. The molecule has 2 heterocycles. The van der Waals surface area contributed by atoms with Gasteiger partial charge < -0.3 is 15.4 Å². The summed E-state index contributed by atoms with van der Waals surface area (Å²) in [5.74, 6) is 1.51. The lowest BCUT2D eigenvalue weighted by atomic mass is 10.1. The Hall–Kier alpha value is -1.36. The van der Waals surface area contributed by atoms with Gasteiger partial charge in [-0.1, -0.05) is 0 Å². The molecule has 1 aromatic rings. The van der Waals surface area contributed by atoms with Gasteiger partial charge in [0.2, 0.25) is 5.88 Å². The normalized spacial score (nSPS) is 19.3. The highest BCUT2D eigenvalue weighted by Gasteiger charge is 2.13. The van der Waals surface area contributed by atoms with Crippen LogP contribution in [-0.4, -0.2) is 36.2 Å². The van der Waals surface area contributed by atoms with Crippen molar-refractivity contribution in [1.29, 1.82) is 0 Å². The van der Waals surface area contributed by atoms with Gasteiger partial charge in [-0.05, 0) is 32.7 Å². The average Bonchev–Trinajstić information content (AvgIpc) is 2.84. The minimum absolute atomic E-state index is 0.640. The van der Waals surface area contributed by atoms with E-state index in [9.17, 15) is 0 Å². The van der Waals surface area contributed by atoms with E-state index in [0.717, 1.165) is 30.9 Å². The molecule has 0 aromatic carbocycles. The molecule has 94 valence electrons. The number of anilines is 1. The maximum Gasteiger partial charge on any atom is 0.221 e. The minimum atomic E-state index is 0.640. The number of nitrogens with zero attached hydrogens (tertiary/aromatic N) is 2. The lowest BCUT2D eigenvalue weighted by Gasteiger charge is -2.13. The van der Waals surface area contributed by atoms with Gasteiger partial charge in [0.15, 0.2) is 0 Å². The Morgan fingerprint density at radius 3 is 3.12 bits per heavy atom. The van der Waals surface area contributed by atoms with Gasteiger partial charge in [0.25, 0.3) is 0 Å². The predicted molar refractivity (Wildman–Crippen MR) is 67.5 cm³/mol. The summed E-state index contributed by atoms with van der Waals surface area (Å²) in [5.41, 5.74) is 0.967. The third-order valence-electron chi connectivity index (χ3n) is 3.18. The van der Waals surface area contributed by atoms with E-state index in [4.69, 9.17) is 4.74 Å². The Balaban J connectivity index is 1.85. The van der Waals surface area contributed by atoms with Crippen LogP contribution in [0.5, 0.6) is 5.88 Å². The lowest BCUT2D eigenvalue weighted by Crippen LogP contribution is -2.24. The van der Waals surface area contributed by atoms with Crippen molar-refractivity contribution in [2.24, 2.45) is 0 Å². The number of methoxy groups -OCH3 is 1. The molecule has 1 fully saturated rings. The van der Waals surface area contributed by atoms with Crippen molar-refractivity contribution in [2.75, 3.05) is 25.5 Å². The second-order valence-corrected chi connectivity index (χ2v) is 4.37. The van der Waals surface area contributed by atoms with Crippen LogP contribution in [0.15, 0.2) is 6.33 Å². The molecule has 0 amide bonds. The van der Waals surface area contributed by atoms with Crippen LogP contribution in [0.25, 0.3) is 0 Å². The fraction of sp³-hybridized carbons (Fsp3) is 0.667. The maximum absolute atomic E-state index is 5.16. The largest absolute Gasteiger partial charge is 0.481 e. The van der Waals surface area contributed by atoms with E-state index in [1.54, 1.807) is 7.11 Å². The highest BCUT2D eigenvalue weighted by molar-refractivity contribution is 5.47. The van der Waals surface area contributed by atoms with Gasteiger partial charge in [0, 0.05) is 12.6 Å². The van der Waals surface area contributed by atoms with Gasteiger partial charge in [0.1, 0.15) is 12.1 Å². The summed E-state index contributed by atoms with van der Waals surface area (Å²) in [7, 11) is 1.63. The van der Waals surface area contributed by atoms with Crippen LogP contribution in [0.1, 0.15) is 24.8 Å². The maximum atomic E-state index is 5.16. The molecule has 17 heavy (non-hydrogen) atoms. The molecule has 1 aromatic heterocycles. The Labute approximate surface area is 102 Å². The van der Waals surface area contributed by atoms with Crippen LogP contribution in [-0.2, 0) is 0 Å². The summed E-state index contributed by atoms with van der Waals surface area (Å²) in [4.78, 5) is 8.29. The Kier molecular flexibility index (Phi) is 4.14. The highest BCUT2D eigenvalue weighted by Crippen LogP contribution is 2.19. The van der Waals surface area contributed by atoms with E-state index in [1.807, 2.05) is 6.92 Å². The van der Waals surface area contributed by atoms with Crippen LogP contribution in [0.2, 0.25) is 0 Å². The predicted octanol–water partition coefficient (Wildman–Crippen LogP) is 1.35. The van der Waals surface area contributed by atoms with Crippen LogP contribution in [0.4, 0.5) is 5.82 Å². The Morgan fingerprint density at radius 1 is 1.53 bits per heavy atom. The quantitative estimate of drug-likeness (QED) is 0.808. The summed E-state index contributed by atoms with van der Waals surface area (Å²) in [6, 6.07) is 0.659. The molecule has 0 unspecified atom stereocenters. The standard InChI is InChI=1S/C12H20N4O/c1-9-11(15-8-16-12(9)17-2)14-7-5-10-4-3-6-13-10/h8,10,13H,3-7H2,1-2H3,(H,14,15,16)/t10-/m0/s1. The molecule has 5 heteroatoms. The summed E-state index contributed by atoms with van der Waals surface area (Å²) in [5, 5.41) is 6.83. The van der Waals surface area contributed by atoms with E-state index in [0.29, 0.717) is 11.9 Å². The van der Waals surface area contributed by atoms with E-state index in [-0.39, 0.29) is 0 Å². The third kappa shape index (κ3) is 3.06. The van der Waals surface area contributed by atoms with Crippen molar-refractivity contribution < 1.29 is 4.74 Å². The van der Waals surface area contributed by atoms with Crippen molar-refractivity contribution in [3.05, 3.63) is 11.9 Å². The minimum Gasteiger partial charge on any atom is -0.481 e. The smallest absolute Gasteiger partial charge is 0.221 e. The molecule has 1 aliphatic heterocycles. The molecular weight excluding hydrogens is 216 g/mol. The second kappa shape index (κ2) is 5.82. The Morgan fingerprint density at radius 2 is 2.41 bits per heavy atom. The number of hydrogen-bond donors (Lipinski definition) is 2. The number of nitrogens with one attached hydrogen (secondary N) is 2. The number of hydrogen-bond acceptors (Lipinski definition) is 5. The van der Waals surface area contributed by atoms with Gasteiger partial charge in [-0.15, -0.1) is 0 Å². The molecule has 0 bridgehead atoms.